The first-order valence-corrected chi connectivity index (χ1v) is 12.1. The second kappa shape index (κ2) is 9.88. The third kappa shape index (κ3) is 5.05. The van der Waals surface area contributed by atoms with Crippen molar-refractivity contribution >= 4 is 17.2 Å². The molecule has 32 heavy (non-hydrogen) atoms. The Kier molecular flexibility index (Phi) is 6.96. The fourth-order valence-corrected chi connectivity index (χ4v) is 4.99. The van der Waals surface area contributed by atoms with Crippen molar-refractivity contribution in [1.29, 1.82) is 0 Å². The number of aryl methyl sites for hydroxylation is 4. The summed E-state index contributed by atoms with van der Waals surface area (Å²) >= 11 is 1.51. The number of rotatable bonds is 7. The molecule has 0 bridgehead atoms. The van der Waals surface area contributed by atoms with E-state index in [0.29, 0.717) is 6.61 Å². The minimum absolute atomic E-state index is 0.128. The summed E-state index contributed by atoms with van der Waals surface area (Å²) in [5.74, 6) is 1.06. The molecule has 4 rings (SSSR count). The van der Waals surface area contributed by atoms with Gasteiger partial charge in [0.1, 0.15) is 12.4 Å². The first-order valence-electron chi connectivity index (χ1n) is 11.3. The summed E-state index contributed by atoms with van der Waals surface area (Å²) in [6.07, 6.45) is 2.14. The van der Waals surface area contributed by atoms with Crippen LogP contribution in [0.15, 0.2) is 35.8 Å². The first-order chi connectivity index (χ1) is 15.4. The van der Waals surface area contributed by atoms with E-state index in [4.69, 9.17) is 4.74 Å². The second-order valence-corrected chi connectivity index (χ2v) is 9.40. The minimum atomic E-state index is 0.128. The molecule has 1 aliphatic heterocycles. The fraction of sp³-hybridized carbons (Fsp3) is 0.440. The van der Waals surface area contributed by atoms with E-state index in [2.05, 4.69) is 56.0 Å². The summed E-state index contributed by atoms with van der Waals surface area (Å²) in [6.45, 7) is 13.8. The topological polar surface area (TPSA) is 50.6 Å². The van der Waals surface area contributed by atoms with Crippen LogP contribution in [-0.2, 0) is 19.7 Å². The van der Waals surface area contributed by atoms with Crippen LogP contribution >= 0.6 is 11.3 Å². The van der Waals surface area contributed by atoms with Crippen LogP contribution in [0.5, 0.6) is 5.75 Å². The highest BCUT2D eigenvalue weighted by Gasteiger charge is 2.24. The van der Waals surface area contributed by atoms with Gasteiger partial charge in [-0.3, -0.25) is 14.4 Å². The van der Waals surface area contributed by atoms with Gasteiger partial charge in [0.25, 0.3) is 5.91 Å². The number of hydrogen-bond acceptors (Lipinski definition) is 5. The average Bonchev–Trinajstić information content (AvgIpc) is 3.40. The van der Waals surface area contributed by atoms with E-state index in [1.165, 1.54) is 16.9 Å². The normalized spacial score (nSPS) is 14.7. The lowest BCUT2D eigenvalue weighted by Crippen LogP contribution is -2.48. The summed E-state index contributed by atoms with van der Waals surface area (Å²) in [5.41, 5.74) is 5.68. The van der Waals surface area contributed by atoms with Crippen molar-refractivity contribution in [1.82, 2.24) is 19.6 Å². The number of hydrogen-bond donors (Lipinski definition) is 0. The van der Waals surface area contributed by atoms with Crippen molar-refractivity contribution in [2.24, 2.45) is 0 Å². The van der Waals surface area contributed by atoms with Gasteiger partial charge in [-0.25, -0.2) is 0 Å². The number of para-hydroxylation sites is 1. The van der Waals surface area contributed by atoms with Crippen LogP contribution in [0.4, 0.5) is 0 Å². The van der Waals surface area contributed by atoms with Crippen molar-refractivity contribution < 1.29 is 9.53 Å². The van der Waals surface area contributed by atoms with Crippen LogP contribution in [-0.4, -0.2) is 51.7 Å². The molecule has 1 fully saturated rings. The summed E-state index contributed by atoms with van der Waals surface area (Å²) in [4.78, 5) is 18.2. The fourth-order valence-electron chi connectivity index (χ4n) is 4.13. The van der Waals surface area contributed by atoms with Gasteiger partial charge in [0, 0.05) is 56.6 Å². The van der Waals surface area contributed by atoms with Gasteiger partial charge in [0.2, 0.25) is 0 Å². The number of carbonyl (C=O) groups excluding carboxylic acids is 1. The third-order valence-corrected chi connectivity index (χ3v) is 7.05. The summed E-state index contributed by atoms with van der Waals surface area (Å²) in [7, 11) is 0. The Balaban J connectivity index is 1.30. The van der Waals surface area contributed by atoms with Gasteiger partial charge in [0.15, 0.2) is 0 Å². The average molecular weight is 453 g/mol. The van der Waals surface area contributed by atoms with Gasteiger partial charge in [-0.2, -0.15) is 5.10 Å². The molecule has 1 amide bonds. The van der Waals surface area contributed by atoms with Crippen LogP contribution in [0.25, 0.3) is 0 Å². The predicted octanol–water partition coefficient (Wildman–Crippen LogP) is 4.43. The summed E-state index contributed by atoms with van der Waals surface area (Å²) in [5, 5.41) is 6.57. The number of ether oxygens (including phenoxy) is 1. The smallest absolute Gasteiger partial charge is 0.264 e. The van der Waals surface area contributed by atoms with Gasteiger partial charge in [0.05, 0.1) is 10.6 Å². The Bertz CT molecular complexity index is 1060. The van der Waals surface area contributed by atoms with E-state index in [0.717, 1.165) is 72.3 Å². The van der Waals surface area contributed by atoms with E-state index in [9.17, 15) is 4.79 Å². The lowest BCUT2D eigenvalue weighted by atomic mass is 10.1. The Morgan fingerprint density at radius 3 is 2.50 bits per heavy atom. The molecule has 0 atom stereocenters. The lowest BCUT2D eigenvalue weighted by Gasteiger charge is -2.34. The van der Waals surface area contributed by atoms with Crippen LogP contribution in [0.3, 0.4) is 0 Å². The van der Waals surface area contributed by atoms with Crippen molar-refractivity contribution in [3.63, 3.8) is 0 Å². The molecule has 0 saturated carbocycles. The van der Waals surface area contributed by atoms with Crippen LogP contribution in [0.1, 0.15) is 44.5 Å². The molecule has 1 aromatic carbocycles. The molecule has 0 N–H and O–H groups in total. The summed E-state index contributed by atoms with van der Waals surface area (Å²) in [6, 6.07) is 8.14. The number of aromatic nitrogens is 2. The molecule has 2 aromatic heterocycles. The molecule has 3 heterocycles. The molecule has 170 valence electrons. The minimum Gasteiger partial charge on any atom is -0.488 e. The van der Waals surface area contributed by atoms with Crippen molar-refractivity contribution in [3.05, 3.63) is 68.7 Å². The molecular weight excluding hydrogens is 420 g/mol. The van der Waals surface area contributed by atoms with Crippen LogP contribution in [0.2, 0.25) is 0 Å². The molecular formula is C25H32N4O2S. The number of piperazine rings is 1. The Morgan fingerprint density at radius 2 is 1.84 bits per heavy atom. The van der Waals surface area contributed by atoms with Crippen molar-refractivity contribution in [3.8, 4) is 5.75 Å². The van der Waals surface area contributed by atoms with Crippen LogP contribution in [0, 0.1) is 20.8 Å². The Morgan fingerprint density at radius 1 is 1.12 bits per heavy atom. The predicted molar refractivity (Wildman–Crippen MR) is 128 cm³/mol. The van der Waals surface area contributed by atoms with Gasteiger partial charge < -0.3 is 9.64 Å². The zero-order valence-electron chi connectivity index (χ0n) is 19.4. The molecule has 6 nitrogen and oxygen atoms in total. The lowest BCUT2D eigenvalue weighted by molar-refractivity contribution is 0.0633. The van der Waals surface area contributed by atoms with Gasteiger partial charge in [-0.05, 0) is 50.3 Å². The largest absolute Gasteiger partial charge is 0.488 e. The maximum Gasteiger partial charge on any atom is 0.264 e. The SMILES string of the molecule is CCn1cc(CN2CCN(C(=O)c3cc(COc4c(C)cccc4C)cs3)CC2)c(C)n1. The highest BCUT2D eigenvalue weighted by atomic mass is 32.1. The maximum atomic E-state index is 13.0. The van der Waals surface area contributed by atoms with Crippen LogP contribution < -0.4 is 4.74 Å². The number of carbonyl (C=O) groups is 1. The molecule has 1 aliphatic rings. The van der Waals surface area contributed by atoms with Crippen molar-refractivity contribution in [2.75, 3.05) is 26.2 Å². The number of amides is 1. The first kappa shape index (κ1) is 22.6. The van der Waals surface area contributed by atoms with E-state index >= 15 is 0 Å². The standard InChI is InChI=1S/C25H32N4O2S/c1-5-29-15-22(20(4)26-29)14-27-9-11-28(12-10-27)25(30)23-13-21(17-32-23)16-31-24-18(2)7-6-8-19(24)3/h6-8,13,15,17H,5,9-12,14,16H2,1-4H3. The Hall–Kier alpha value is -2.64. The van der Waals surface area contributed by atoms with Gasteiger partial charge >= 0.3 is 0 Å². The molecule has 0 radical (unpaired) electrons. The quantitative estimate of drug-likeness (QED) is 0.532. The van der Waals surface area contributed by atoms with E-state index in [1.807, 2.05) is 27.1 Å². The number of benzene rings is 1. The van der Waals surface area contributed by atoms with E-state index in [-0.39, 0.29) is 5.91 Å². The maximum absolute atomic E-state index is 13.0. The number of nitrogens with zero attached hydrogens (tertiary/aromatic N) is 4. The molecule has 1 saturated heterocycles. The molecule has 3 aromatic rings. The van der Waals surface area contributed by atoms with E-state index < -0.39 is 0 Å². The highest BCUT2D eigenvalue weighted by molar-refractivity contribution is 7.12. The third-order valence-electron chi connectivity index (χ3n) is 6.08. The van der Waals surface area contributed by atoms with Gasteiger partial charge in [-0.15, -0.1) is 11.3 Å². The molecule has 7 heteroatoms. The zero-order chi connectivity index (χ0) is 22.7. The summed E-state index contributed by atoms with van der Waals surface area (Å²) < 4.78 is 8.04. The highest BCUT2D eigenvalue weighted by Crippen LogP contribution is 2.25. The molecule has 0 aliphatic carbocycles. The monoisotopic (exact) mass is 452 g/mol. The number of thiophene rings is 1. The molecule has 0 unspecified atom stereocenters. The van der Waals surface area contributed by atoms with E-state index in [1.54, 1.807) is 0 Å². The Labute approximate surface area is 194 Å². The van der Waals surface area contributed by atoms with Gasteiger partial charge in [-0.1, -0.05) is 18.2 Å². The molecule has 0 spiro atoms. The van der Waals surface area contributed by atoms with Crippen molar-refractivity contribution in [2.45, 2.75) is 47.4 Å². The zero-order valence-corrected chi connectivity index (χ0v) is 20.2. The second-order valence-electron chi connectivity index (χ2n) is 8.49.